The van der Waals surface area contributed by atoms with E-state index in [-0.39, 0.29) is 12.5 Å². The summed E-state index contributed by atoms with van der Waals surface area (Å²) in [6.45, 7) is 1.74. The Labute approximate surface area is 213 Å². The summed E-state index contributed by atoms with van der Waals surface area (Å²) in [6, 6.07) is 16.5. The van der Waals surface area contributed by atoms with E-state index in [9.17, 15) is 18.7 Å². The van der Waals surface area contributed by atoms with Crippen molar-refractivity contribution in [3.63, 3.8) is 0 Å². The Morgan fingerprint density at radius 2 is 1.84 bits per heavy atom. The van der Waals surface area contributed by atoms with Gasteiger partial charge >= 0.3 is 0 Å². The molecule has 0 aliphatic heterocycles. The molecule has 3 aromatic carbocycles. The zero-order valence-electron chi connectivity index (χ0n) is 20.5. The lowest BCUT2D eigenvalue weighted by Crippen LogP contribution is -2.29. The van der Waals surface area contributed by atoms with Crippen LogP contribution in [0.5, 0.6) is 0 Å². The number of benzene rings is 3. The van der Waals surface area contributed by atoms with Gasteiger partial charge in [-0.1, -0.05) is 18.2 Å². The Morgan fingerprint density at radius 3 is 2.51 bits per heavy atom. The number of aliphatic hydroxyl groups is 2. The minimum absolute atomic E-state index is 0.201. The molecule has 0 aliphatic carbocycles. The second-order valence-electron chi connectivity index (χ2n) is 8.53. The quantitative estimate of drug-likeness (QED) is 0.200. The number of alkyl halides is 1. The first-order chi connectivity index (χ1) is 17.9. The number of fused-ring (bicyclic) bond motifs is 1. The highest BCUT2D eigenvalue weighted by molar-refractivity contribution is 6.12. The predicted molar refractivity (Wildman–Crippen MR) is 140 cm³/mol. The van der Waals surface area contributed by atoms with Crippen LogP contribution in [-0.2, 0) is 0 Å². The molecule has 194 valence electrons. The fourth-order valence-corrected chi connectivity index (χ4v) is 4.17. The van der Waals surface area contributed by atoms with E-state index in [4.69, 9.17) is 9.52 Å². The number of amides is 1. The zero-order valence-corrected chi connectivity index (χ0v) is 20.5. The minimum atomic E-state index is -1.49. The van der Waals surface area contributed by atoms with Crippen LogP contribution in [0.25, 0.3) is 33.4 Å². The first kappa shape index (κ1) is 26.3. The normalized spacial score (nSPS) is 12.9. The predicted octanol–water partition coefficient (Wildman–Crippen LogP) is 4.61. The molecule has 0 saturated carbocycles. The molecule has 1 unspecified atom stereocenters. The lowest BCUT2D eigenvalue weighted by molar-refractivity contribution is 0.0964. The number of halogens is 2. The van der Waals surface area contributed by atoms with Crippen LogP contribution in [0.1, 0.15) is 29.1 Å². The van der Waals surface area contributed by atoms with Gasteiger partial charge in [-0.25, -0.2) is 8.78 Å². The number of anilines is 1. The van der Waals surface area contributed by atoms with Crippen LogP contribution in [0.4, 0.5) is 14.5 Å². The van der Waals surface area contributed by atoms with Crippen molar-refractivity contribution in [1.29, 1.82) is 0 Å². The molecular weight excluding hydrogens is 480 g/mol. The molecule has 1 heterocycles. The minimum Gasteiger partial charge on any atom is -0.455 e. The van der Waals surface area contributed by atoms with Gasteiger partial charge in [0, 0.05) is 48.4 Å². The van der Waals surface area contributed by atoms with Crippen LogP contribution in [0.3, 0.4) is 0 Å². The molecule has 7 nitrogen and oxygen atoms in total. The molecule has 1 amide bonds. The molecule has 4 aromatic rings. The van der Waals surface area contributed by atoms with Crippen molar-refractivity contribution in [2.24, 2.45) is 0 Å². The summed E-state index contributed by atoms with van der Waals surface area (Å²) in [4.78, 5) is 13.0. The van der Waals surface area contributed by atoms with Crippen LogP contribution >= 0.6 is 0 Å². The van der Waals surface area contributed by atoms with E-state index in [1.54, 1.807) is 30.3 Å². The summed E-state index contributed by atoms with van der Waals surface area (Å²) in [5.41, 5.74) is 4.14. The van der Waals surface area contributed by atoms with Crippen LogP contribution in [0.15, 0.2) is 65.1 Å². The van der Waals surface area contributed by atoms with E-state index in [1.807, 2.05) is 25.1 Å². The summed E-state index contributed by atoms with van der Waals surface area (Å²) in [6.07, 6.45) is -2.63. The van der Waals surface area contributed by atoms with Crippen molar-refractivity contribution < 1.29 is 28.2 Å². The number of hydrogen-bond acceptors (Lipinski definition) is 6. The van der Waals surface area contributed by atoms with Crippen molar-refractivity contribution in [2.75, 3.05) is 32.1 Å². The maximum Gasteiger partial charge on any atom is 0.255 e. The Bertz CT molecular complexity index is 1390. The molecule has 0 spiro atoms. The molecule has 0 fully saturated rings. The fourth-order valence-electron chi connectivity index (χ4n) is 4.17. The molecule has 5 N–H and O–H groups in total. The van der Waals surface area contributed by atoms with Gasteiger partial charge in [0.05, 0.1) is 12.2 Å². The van der Waals surface area contributed by atoms with Crippen molar-refractivity contribution in [3.05, 3.63) is 77.6 Å². The third kappa shape index (κ3) is 5.64. The second kappa shape index (κ2) is 11.5. The average Bonchev–Trinajstić information content (AvgIpc) is 3.29. The van der Waals surface area contributed by atoms with E-state index in [2.05, 4.69) is 16.0 Å². The Hall–Kier alpha value is -3.79. The average molecular weight is 510 g/mol. The molecule has 0 bridgehead atoms. The number of hydrogen-bond donors (Lipinski definition) is 5. The van der Waals surface area contributed by atoms with Gasteiger partial charge in [0.2, 0.25) is 0 Å². The first-order valence-electron chi connectivity index (χ1n) is 11.9. The molecule has 1 aromatic heterocycles. The molecule has 0 saturated heterocycles. The number of furan rings is 1. The standard InChI is InChI=1S/C28H29F2N3O4/c1-3-32-23-13-24-22(25(28(36)31-2)26(37-24)16-7-9-19(29)10-8-16)12-21(23)17-5-4-6-18(11-17)27(35)33-14-20(30)15-34/h4-13,20,27,32-35H,3,14-15H2,1-2H3,(H,31,36)/t20-,27?/m0/s1. The molecule has 0 aliphatic rings. The number of nitrogens with one attached hydrogen (secondary N) is 3. The number of aliphatic hydroxyl groups excluding tert-OH is 2. The SMILES string of the molecule is CCNc1cc2oc(-c3ccc(F)cc3)c(C(=O)NC)c2cc1-c1cccc(C(O)NC[C@H](F)CO)c1. The number of rotatable bonds is 10. The summed E-state index contributed by atoms with van der Waals surface area (Å²) in [5, 5.41) is 28.6. The summed E-state index contributed by atoms with van der Waals surface area (Å²) in [7, 11) is 1.53. The monoisotopic (exact) mass is 509 g/mol. The smallest absolute Gasteiger partial charge is 0.255 e. The molecular formula is C28H29F2N3O4. The summed E-state index contributed by atoms with van der Waals surface area (Å²) < 4.78 is 33.1. The van der Waals surface area contributed by atoms with Gasteiger partial charge in [0.25, 0.3) is 5.91 Å². The van der Waals surface area contributed by atoms with Crippen LogP contribution < -0.4 is 16.0 Å². The van der Waals surface area contributed by atoms with Crippen molar-refractivity contribution in [1.82, 2.24) is 10.6 Å². The topological polar surface area (TPSA) is 107 Å². The lowest BCUT2D eigenvalue weighted by atomic mass is 9.97. The van der Waals surface area contributed by atoms with Crippen molar-refractivity contribution in [3.8, 4) is 22.5 Å². The summed E-state index contributed by atoms with van der Waals surface area (Å²) in [5.74, 6) is -0.418. The highest BCUT2D eigenvalue weighted by Gasteiger charge is 2.23. The van der Waals surface area contributed by atoms with E-state index in [1.165, 1.54) is 19.2 Å². The first-order valence-corrected chi connectivity index (χ1v) is 11.9. The molecule has 9 heteroatoms. The van der Waals surface area contributed by atoms with Gasteiger partial charge in [-0.05, 0) is 54.4 Å². The molecule has 0 radical (unpaired) electrons. The van der Waals surface area contributed by atoms with Crippen LogP contribution in [0.2, 0.25) is 0 Å². The largest absolute Gasteiger partial charge is 0.455 e. The maximum atomic E-state index is 13.5. The van der Waals surface area contributed by atoms with Crippen LogP contribution in [0, 0.1) is 5.82 Å². The van der Waals surface area contributed by atoms with Gasteiger partial charge in [-0.2, -0.15) is 0 Å². The lowest BCUT2D eigenvalue weighted by Gasteiger charge is -2.17. The zero-order chi connectivity index (χ0) is 26.5. The van der Waals surface area contributed by atoms with Gasteiger partial charge in [0.1, 0.15) is 29.6 Å². The second-order valence-corrected chi connectivity index (χ2v) is 8.53. The maximum absolute atomic E-state index is 13.5. The third-order valence-corrected chi connectivity index (χ3v) is 6.00. The van der Waals surface area contributed by atoms with Gasteiger partial charge in [-0.15, -0.1) is 0 Å². The molecule has 2 atom stereocenters. The Balaban J connectivity index is 1.84. The molecule has 4 rings (SSSR count). The molecule has 37 heavy (non-hydrogen) atoms. The van der Waals surface area contributed by atoms with Crippen molar-refractivity contribution in [2.45, 2.75) is 19.3 Å². The van der Waals surface area contributed by atoms with E-state index in [0.717, 1.165) is 16.8 Å². The van der Waals surface area contributed by atoms with Crippen molar-refractivity contribution >= 4 is 22.6 Å². The number of carbonyl (C=O) groups excluding carboxylic acids is 1. The fraction of sp³-hybridized carbons (Fsp3) is 0.250. The highest BCUT2D eigenvalue weighted by Crippen LogP contribution is 2.40. The number of carbonyl (C=O) groups is 1. The third-order valence-electron chi connectivity index (χ3n) is 6.00. The van der Waals surface area contributed by atoms with E-state index in [0.29, 0.717) is 40.0 Å². The van der Waals surface area contributed by atoms with Crippen LogP contribution in [-0.4, -0.2) is 49.0 Å². The van der Waals surface area contributed by atoms with Gasteiger partial charge < -0.3 is 25.3 Å². The van der Waals surface area contributed by atoms with Gasteiger partial charge in [0.15, 0.2) is 0 Å². The van der Waals surface area contributed by atoms with E-state index < -0.39 is 24.8 Å². The Kier molecular flexibility index (Phi) is 8.17. The summed E-state index contributed by atoms with van der Waals surface area (Å²) >= 11 is 0. The van der Waals surface area contributed by atoms with E-state index >= 15 is 0 Å². The highest BCUT2D eigenvalue weighted by atomic mass is 19.1. The Morgan fingerprint density at radius 1 is 1.08 bits per heavy atom. The van der Waals surface area contributed by atoms with Gasteiger partial charge in [-0.3, -0.25) is 10.1 Å².